The Morgan fingerprint density at radius 2 is 1.26 bits per heavy atom. The quantitative estimate of drug-likeness (QED) is 0.158. The lowest BCUT2D eigenvalue weighted by atomic mass is 10.0. The third kappa shape index (κ3) is 2.97. The monoisotopic (exact) mass is 449 g/mol. The Balaban J connectivity index is 1.74. The highest BCUT2D eigenvalue weighted by atomic mass is 19.1. The van der Waals surface area contributed by atoms with Crippen LogP contribution in [-0.2, 0) is 0 Å². The number of hydrogen-bond donors (Lipinski definition) is 0. The largest absolute Gasteiger partial charge is 0.238 e. The molecule has 35 heavy (non-hydrogen) atoms. The molecule has 0 atom stereocenters. The molecule has 6 aromatic rings. The molecule has 6 rings (SSSR count). The maximum Gasteiger partial charge on any atom is 0.206 e. The van der Waals surface area contributed by atoms with Crippen molar-refractivity contribution in [2.24, 2.45) is 10.1 Å². The van der Waals surface area contributed by atoms with E-state index in [9.17, 15) is 9.65 Å². The minimum Gasteiger partial charge on any atom is -0.238 e. The molecule has 6 heteroatoms. The SMILES string of the molecule is [C-]#[N+]/N=c1/c2cc(-c3ccc([N+]#[C-])cc3)ccc2c2cc3c(=NC#N)c4cc(F)ccc4c3cc12. The lowest BCUT2D eigenvalue weighted by molar-refractivity contribution is 0.629. The number of benzene rings is 4. The molecule has 0 saturated heterocycles. The van der Waals surface area contributed by atoms with Crippen molar-refractivity contribution < 1.29 is 4.39 Å². The fraction of sp³-hybridized carbons (Fsp3) is 0. The summed E-state index contributed by atoms with van der Waals surface area (Å²) in [4.78, 5) is 10.8. The molecule has 0 amide bonds. The number of rotatable bonds is 1. The van der Waals surface area contributed by atoms with Gasteiger partial charge in [0, 0.05) is 21.5 Å². The zero-order valence-corrected chi connectivity index (χ0v) is 18.0. The molecule has 0 aliphatic heterocycles. The summed E-state index contributed by atoms with van der Waals surface area (Å²) in [6.45, 7) is 14.6. The number of halogens is 1. The van der Waals surface area contributed by atoms with Crippen molar-refractivity contribution in [3.8, 4) is 17.3 Å². The molecule has 0 N–H and O–H groups in total. The van der Waals surface area contributed by atoms with Crippen molar-refractivity contribution in [2.45, 2.75) is 0 Å². The first-order chi connectivity index (χ1) is 17.1. The van der Waals surface area contributed by atoms with E-state index < -0.39 is 5.82 Å². The van der Waals surface area contributed by atoms with Crippen LogP contribution >= 0.6 is 0 Å². The molecular weight excluding hydrogens is 437 g/mol. The topological polar surface area (TPSA) is 57.2 Å². The van der Waals surface area contributed by atoms with Crippen molar-refractivity contribution in [3.63, 3.8) is 0 Å². The van der Waals surface area contributed by atoms with E-state index >= 15 is 0 Å². The first kappa shape index (κ1) is 20.2. The van der Waals surface area contributed by atoms with Crippen LogP contribution in [-0.4, -0.2) is 0 Å². The van der Waals surface area contributed by atoms with Gasteiger partial charge in [-0.05, 0) is 63.0 Å². The molecule has 0 bridgehead atoms. The first-order valence-electron chi connectivity index (χ1n) is 10.7. The van der Waals surface area contributed by atoms with Crippen molar-refractivity contribution in [1.82, 2.24) is 0 Å². The van der Waals surface area contributed by atoms with Gasteiger partial charge in [-0.3, -0.25) is 0 Å². The fourth-order valence-electron chi connectivity index (χ4n) is 4.89. The molecule has 0 spiro atoms. The predicted molar refractivity (Wildman–Crippen MR) is 134 cm³/mol. The molecule has 0 fully saturated rings. The molecule has 0 aliphatic rings. The van der Waals surface area contributed by atoms with Gasteiger partial charge in [0.2, 0.25) is 6.19 Å². The summed E-state index contributed by atoms with van der Waals surface area (Å²) in [7, 11) is 0. The minimum atomic E-state index is -0.396. The van der Waals surface area contributed by atoms with Gasteiger partial charge in [0.1, 0.15) is 5.82 Å². The highest BCUT2D eigenvalue weighted by Gasteiger charge is 2.17. The van der Waals surface area contributed by atoms with Gasteiger partial charge in [0.25, 0.3) is 0 Å². The van der Waals surface area contributed by atoms with Crippen LogP contribution in [0.5, 0.6) is 0 Å². The summed E-state index contributed by atoms with van der Waals surface area (Å²) < 4.78 is 14.0. The molecule has 0 saturated carbocycles. The normalized spacial score (nSPS) is 12.4. The molecule has 0 unspecified atom stereocenters. The molecule has 6 aromatic carbocycles. The third-order valence-electron chi connectivity index (χ3n) is 6.40. The number of nitriles is 1. The summed E-state index contributed by atoms with van der Waals surface area (Å²) in [6.07, 6.45) is 1.84. The molecule has 160 valence electrons. The van der Waals surface area contributed by atoms with Crippen LogP contribution in [0, 0.1) is 30.4 Å². The second kappa shape index (κ2) is 7.59. The summed E-state index contributed by atoms with van der Waals surface area (Å²) in [5, 5.41) is 20.8. The Labute approximate surface area is 198 Å². The zero-order valence-electron chi connectivity index (χ0n) is 18.0. The smallest absolute Gasteiger partial charge is 0.206 e. The predicted octanol–water partition coefficient (Wildman–Crippen LogP) is 6.65. The molecule has 5 nitrogen and oxygen atoms in total. The lowest BCUT2D eigenvalue weighted by Gasteiger charge is -2.02. The molecule has 0 aliphatic carbocycles. The van der Waals surface area contributed by atoms with Gasteiger partial charge < -0.3 is 0 Å². The van der Waals surface area contributed by atoms with E-state index in [-0.39, 0.29) is 0 Å². The van der Waals surface area contributed by atoms with Gasteiger partial charge in [-0.15, -0.1) is 4.95 Å². The highest BCUT2D eigenvalue weighted by Crippen LogP contribution is 2.34. The van der Waals surface area contributed by atoms with Crippen molar-refractivity contribution >= 4 is 48.8 Å². The van der Waals surface area contributed by atoms with Crippen LogP contribution in [0.25, 0.3) is 64.0 Å². The highest BCUT2D eigenvalue weighted by molar-refractivity contribution is 6.21. The second-order valence-corrected chi connectivity index (χ2v) is 8.16. The molecule has 0 aromatic heterocycles. The van der Waals surface area contributed by atoms with E-state index in [0.29, 0.717) is 21.8 Å². The van der Waals surface area contributed by atoms with Crippen molar-refractivity contribution in [1.29, 1.82) is 5.26 Å². The Hall–Kier alpha value is -5.38. The Kier molecular flexibility index (Phi) is 4.39. The molecule has 0 heterocycles. The number of nitrogens with zero attached hydrogens (tertiary/aromatic N) is 5. The average molecular weight is 449 g/mol. The van der Waals surface area contributed by atoms with E-state index in [0.717, 1.165) is 48.8 Å². The Morgan fingerprint density at radius 1 is 0.657 bits per heavy atom. The number of fused-ring (bicyclic) bond motifs is 6. The molecule has 0 radical (unpaired) electrons. The summed E-state index contributed by atoms with van der Waals surface area (Å²) in [6, 6.07) is 21.7. The van der Waals surface area contributed by atoms with Crippen LogP contribution < -0.4 is 10.7 Å². The van der Waals surface area contributed by atoms with Crippen LogP contribution in [0.2, 0.25) is 0 Å². The van der Waals surface area contributed by atoms with E-state index in [4.69, 9.17) is 13.1 Å². The van der Waals surface area contributed by atoms with Crippen LogP contribution in [0.4, 0.5) is 10.1 Å². The van der Waals surface area contributed by atoms with Crippen LogP contribution in [0.1, 0.15) is 0 Å². The van der Waals surface area contributed by atoms with Crippen LogP contribution in [0.3, 0.4) is 0 Å². The first-order valence-corrected chi connectivity index (χ1v) is 10.7. The maximum absolute atomic E-state index is 14.0. The minimum absolute atomic E-state index is 0.396. The van der Waals surface area contributed by atoms with E-state index in [1.165, 1.54) is 12.1 Å². The van der Waals surface area contributed by atoms with E-state index in [1.54, 1.807) is 18.2 Å². The van der Waals surface area contributed by atoms with Crippen molar-refractivity contribution in [3.05, 3.63) is 112 Å². The summed E-state index contributed by atoms with van der Waals surface area (Å²) in [5.41, 5.74) is 2.48. The standard InChI is InChI=1S/C29H12FN5/c1-32-19-7-3-16(4-8-19)17-5-9-20-23-13-26-22(14-27(23)29(35-33-2)24(20)11-17)21-10-6-18(30)12-25(21)28(26)34-15-31/h3-14H/b34-28?,35-29-. The maximum atomic E-state index is 14.0. The number of hydrogen-bond acceptors (Lipinski definition) is 3. The zero-order chi connectivity index (χ0) is 24.1. The van der Waals surface area contributed by atoms with Gasteiger partial charge in [0.05, 0.1) is 17.0 Å². The van der Waals surface area contributed by atoms with Gasteiger partial charge in [-0.25, -0.2) is 9.24 Å². The Morgan fingerprint density at radius 3 is 1.91 bits per heavy atom. The van der Waals surface area contributed by atoms with Gasteiger partial charge >= 0.3 is 0 Å². The van der Waals surface area contributed by atoms with Crippen LogP contribution in [0.15, 0.2) is 82.9 Å². The second-order valence-electron chi connectivity index (χ2n) is 8.16. The third-order valence-corrected chi connectivity index (χ3v) is 6.40. The summed E-state index contributed by atoms with van der Waals surface area (Å²) >= 11 is 0. The van der Waals surface area contributed by atoms with Gasteiger partial charge in [0.15, 0.2) is 11.0 Å². The Bertz CT molecular complexity index is 2090. The van der Waals surface area contributed by atoms with Gasteiger partial charge in [-0.2, -0.15) is 16.8 Å². The lowest BCUT2D eigenvalue weighted by Crippen LogP contribution is -1.99. The molecular formula is C29H12FN5. The van der Waals surface area contributed by atoms with E-state index in [1.807, 2.05) is 48.7 Å². The fourth-order valence-corrected chi connectivity index (χ4v) is 4.89. The van der Waals surface area contributed by atoms with E-state index in [2.05, 4.69) is 19.9 Å². The average Bonchev–Trinajstić information content (AvgIpc) is 3.34. The van der Waals surface area contributed by atoms with Gasteiger partial charge in [-0.1, -0.05) is 42.5 Å². The summed E-state index contributed by atoms with van der Waals surface area (Å²) in [5.74, 6) is -0.396. The van der Waals surface area contributed by atoms with Crippen molar-refractivity contribution in [2.75, 3.05) is 0 Å².